The first-order valence-electron chi connectivity index (χ1n) is 11.3. The lowest BCUT2D eigenvalue weighted by Crippen LogP contribution is -2.41. The lowest BCUT2D eigenvalue weighted by atomic mass is 9.95. The molecule has 5 rings (SSSR count). The lowest BCUT2D eigenvalue weighted by Gasteiger charge is -2.34. The molecule has 0 radical (unpaired) electrons. The van der Waals surface area contributed by atoms with Gasteiger partial charge in [-0.25, -0.2) is 8.42 Å². The predicted molar refractivity (Wildman–Crippen MR) is 122 cm³/mol. The van der Waals surface area contributed by atoms with Crippen molar-refractivity contribution in [3.05, 3.63) is 53.6 Å². The van der Waals surface area contributed by atoms with Gasteiger partial charge in [0.05, 0.1) is 36.5 Å². The highest BCUT2D eigenvalue weighted by molar-refractivity contribution is 7.92. The summed E-state index contributed by atoms with van der Waals surface area (Å²) in [5.41, 5.74) is 1.96. The van der Waals surface area contributed by atoms with E-state index in [1.807, 2.05) is 24.3 Å². The van der Waals surface area contributed by atoms with Gasteiger partial charge in [-0.1, -0.05) is 18.2 Å². The molecule has 0 spiro atoms. The van der Waals surface area contributed by atoms with Gasteiger partial charge >= 0.3 is 0 Å². The Bertz CT molecular complexity index is 1140. The van der Waals surface area contributed by atoms with E-state index in [0.29, 0.717) is 50.7 Å². The van der Waals surface area contributed by atoms with E-state index in [1.54, 1.807) is 11.0 Å². The van der Waals surface area contributed by atoms with Crippen molar-refractivity contribution in [2.45, 2.75) is 30.4 Å². The molecule has 176 valence electrons. The van der Waals surface area contributed by atoms with E-state index in [2.05, 4.69) is 0 Å². The quantitative estimate of drug-likeness (QED) is 0.665. The molecule has 8 nitrogen and oxygen atoms in total. The molecule has 0 saturated carbocycles. The molecule has 0 aliphatic carbocycles. The van der Waals surface area contributed by atoms with Crippen molar-refractivity contribution in [3.63, 3.8) is 0 Å². The van der Waals surface area contributed by atoms with Gasteiger partial charge in [0.25, 0.3) is 15.9 Å². The van der Waals surface area contributed by atoms with Crippen LogP contribution in [0, 0.1) is 5.92 Å². The number of sulfonamides is 1. The molecule has 9 heteroatoms. The SMILES string of the molecule is COc1ccc(S(=O)(=O)N2CCc3ccccc32)cc1C(=O)N1CCC(C2OCCO2)CC1. The number of carbonyl (C=O) groups excluding carboxylic acids is 1. The van der Waals surface area contributed by atoms with Crippen LogP contribution < -0.4 is 9.04 Å². The van der Waals surface area contributed by atoms with Crippen LogP contribution in [0.15, 0.2) is 47.4 Å². The Labute approximate surface area is 194 Å². The molecule has 33 heavy (non-hydrogen) atoms. The zero-order chi connectivity index (χ0) is 23.0. The third-order valence-corrected chi connectivity index (χ3v) is 8.50. The highest BCUT2D eigenvalue weighted by Gasteiger charge is 2.34. The summed E-state index contributed by atoms with van der Waals surface area (Å²) in [5, 5.41) is 0. The molecule has 1 amide bonds. The minimum atomic E-state index is -3.81. The minimum Gasteiger partial charge on any atom is -0.496 e. The van der Waals surface area contributed by atoms with Gasteiger partial charge < -0.3 is 19.1 Å². The van der Waals surface area contributed by atoms with Crippen LogP contribution >= 0.6 is 0 Å². The first-order valence-corrected chi connectivity index (χ1v) is 12.7. The van der Waals surface area contributed by atoms with Crippen LogP contribution in [0.1, 0.15) is 28.8 Å². The van der Waals surface area contributed by atoms with Crippen molar-refractivity contribution in [3.8, 4) is 5.75 Å². The highest BCUT2D eigenvalue weighted by atomic mass is 32.2. The summed E-state index contributed by atoms with van der Waals surface area (Å²) in [6.07, 6.45) is 2.04. The van der Waals surface area contributed by atoms with Crippen LogP contribution in [0.2, 0.25) is 0 Å². The third kappa shape index (κ3) is 4.09. The molecular formula is C24H28N2O6S. The number of hydrogen-bond donors (Lipinski definition) is 0. The van der Waals surface area contributed by atoms with Crippen LogP contribution in [0.4, 0.5) is 5.69 Å². The van der Waals surface area contributed by atoms with Crippen LogP contribution in [-0.2, 0) is 25.9 Å². The van der Waals surface area contributed by atoms with Crippen LogP contribution in [0.25, 0.3) is 0 Å². The molecule has 2 saturated heterocycles. The Hall–Kier alpha value is -2.62. The summed E-state index contributed by atoms with van der Waals surface area (Å²) in [4.78, 5) is 15.2. The van der Waals surface area contributed by atoms with E-state index in [9.17, 15) is 13.2 Å². The number of fused-ring (bicyclic) bond motifs is 1. The highest BCUT2D eigenvalue weighted by Crippen LogP contribution is 2.34. The topological polar surface area (TPSA) is 85.4 Å². The number of carbonyl (C=O) groups is 1. The van der Waals surface area contributed by atoms with E-state index >= 15 is 0 Å². The molecule has 0 aromatic heterocycles. The molecule has 2 aromatic carbocycles. The molecule has 0 unspecified atom stereocenters. The van der Waals surface area contributed by atoms with Gasteiger partial charge in [-0.15, -0.1) is 0 Å². The Morgan fingerprint density at radius 3 is 2.48 bits per heavy atom. The van der Waals surface area contributed by atoms with Gasteiger partial charge in [0, 0.05) is 25.6 Å². The average molecular weight is 473 g/mol. The molecule has 2 aromatic rings. The molecule has 0 bridgehead atoms. The Morgan fingerprint density at radius 2 is 1.76 bits per heavy atom. The summed E-state index contributed by atoms with van der Waals surface area (Å²) >= 11 is 0. The number of para-hydroxylation sites is 1. The largest absolute Gasteiger partial charge is 0.496 e. The fourth-order valence-corrected chi connectivity index (χ4v) is 6.42. The maximum atomic E-state index is 13.5. The zero-order valence-corrected chi connectivity index (χ0v) is 19.4. The van der Waals surface area contributed by atoms with Crippen molar-refractivity contribution in [2.75, 3.05) is 44.3 Å². The minimum absolute atomic E-state index is 0.0889. The number of benzene rings is 2. The van der Waals surface area contributed by atoms with Crippen molar-refractivity contribution in [1.82, 2.24) is 4.90 Å². The summed E-state index contributed by atoms with van der Waals surface area (Å²) in [6.45, 7) is 2.74. The van der Waals surface area contributed by atoms with Gasteiger partial charge in [0.15, 0.2) is 6.29 Å². The summed E-state index contributed by atoms with van der Waals surface area (Å²) < 4.78 is 45.0. The van der Waals surface area contributed by atoms with Crippen LogP contribution in [-0.4, -0.2) is 65.5 Å². The smallest absolute Gasteiger partial charge is 0.264 e. The van der Waals surface area contributed by atoms with Crippen molar-refractivity contribution >= 4 is 21.6 Å². The fraction of sp³-hybridized carbons (Fsp3) is 0.458. The average Bonchev–Trinajstić information content (AvgIpc) is 3.54. The zero-order valence-electron chi connectivity index (χ0n) is 18.6. The maximum Gasteiger partial charge on any atom is 0.264 e. The summed E-state index contributed by atoms with van der Waals surface area (Å²) in [5.74, 6) is 0.406. The summed E-state index contributed by atoms with van der Waals surface area (Å²) in [7, 11) is -2.33. The standard InChI is InChI=1S/C24H28N2O6S/c1-30-22-7-6-19(33(28,29)26-13-10-17-4-2-3-5-21(17)26)16-20(22)23(27)25-11-8-18(9-12-25)24-31-14-15-32-24/h2-7,16,18,24H,8-15H2,1H3. The first kappa shape index (κ1) is 22.2. The van der Waals surface area contributed by atoms with Gasteiger partial charge in [-0.05, 0) is 49.1 Å². The second-order valence-electron chi connectivity index (χ2n) is 8.56. The normalized spacial score (nSPS) is 19.7. The number of nitrogens with zero attached hydrogens (tertiary/aromatic N) is 2. The molecule has 2 fully saturated rings. The van der Waals surface area contributed by atoms with Crippen molar-refractivity contribution in [2.24, 2.45) is 5.92 Å². The number of piperidine rings is 1. The fourth-order valence-electron chi connectivity index (χ4n) is 4.89. The molecule has 0 atom stereocenters. The van der Waals surface area contributed by atoms with Crippen molar-refractivity contribution in [1.29, 1.82) is 0 Å². The van der Waals surface area contributed by atoms with Gasteiger partial charge in [0.2, 0.25) is 0 Å². The van der Waals surface area contributed by atoms with Crippen molar-refractivity contribution < 1.29 is 27.4 Å². The number of ether oxygens (including phenoxy) is 3. The second-order valence-corrected chi connectivity index (χ2v) is 10.4. The number of hydrogen-bond acceptors (Lipinski definition) is 6. The molecular weight excluding hydrogens is 444 g/mol. The van der Waals surface area contributed by atoms with E-state index in [0.717, 1.165) is 18.4 Å². The van der Waals surface area contributed by atoms with E-state index < -0.39 is 10.0 Å². The maximum absolute atomic E-state index is 13.5. The number of amides is 1. The third-order valence-electron chi connectivity index (χ3n) is 6.69. The number of anilines is 1. The van der Waals surface area contributed by atoms with E-state index in [1.165, 1.54) is 23.5 Å². The Kier molecular flexibility index (Phi) is 6.03. The monoisotopic (exact) mass is 472 g/mol. The first-order chi connectivity index (χ1) is 16.0. The molecule has 3 heterocycles. The molecule has 3 aliphatic heterocycles. The Morgan fingerprint density at radius 1 is 1.03 bits per heavy atom. The summed E-state index contributed by atoms with van der Waals surface area (Å²) in [6, 6.07) is 12.0. The molecule has 3 aliphatic rings. The van der Waals surface area contributed by atoms with Gasteiger partial charge in [-0.2, -0.15) is 0 Å². The lowest BCUT2D eigenvalue weighted by molar-refractivity contribution is -0.0956. The van der Waals surface area contributed by atoms with Gasteiger partial charge in [-0.3, -0.25) is 9.10 Å². The Balaban J connectivity index is 1.38. The number of likely N-dealkylation sites (tertiary alicyclic amines) is 1. The van der Waals surface area contributed by atoms with Crippen LogP contribution in [0.5, 0.6) is 5.75 Å². The van der Waals surface area contributed by atoms with Crippen LogP contribution in [0.3, 0.4) is 0 Å². The second kappa shape index (κ2) is 8.96. The number of methoxy groups -OCH3 is 1. The van der Waals surface area contributed by atoms with E-state index in [-0.39, 0.29) is 28.6 Å². The number of rotatable bonds is 5. The predicted octanol–water partition coefficient (Wildman–Crippen LogP) is 2.67. The molecule has 0 N–H and O–H groups in total. The van der Waals surface area contributed by atoms with Gasteiger partial charge in [0.1, 0.15) is 5.75 Å². The van der Waals surface area contributed by atoms with E-state index in [4.69, 9.17) is 14.2 Å².